The fourth-order valence-electron chi connectivity index (χ4n) is 2.78. The molecule has 1 atom stereocenters. The number of aromatic nitrogens is 1. The van der Waals surface area contributed by atoms with Gasteiger partial charge in [0.1, 0.15) is 5.82 Å². The molecule has 1 saturated carbocycles. The summed E-state index contributed by atoms with van der Waals surface area (Å²) < 4.78 is 19.4. The van der Waals surface area contributed by atoms with Crippen molar-refractivity contribution in [3.05, 3.63) is 42.2 Å². The smallest absolute Gasteiger partial charge is 0.308 e. The van der Waals surface area contributed by atoms with Gasteiger partial charge in [0.2, 0.25) is 5.91 Å². The minimum Gasteiger partial charge on any atom is -0.481 e. The average molecular weight is 360 g/mol. The summed E-state index contributed by atoms with van der Waals surface area (Å²) in [4.78, 5) is 29.3. The van der Waals surface area contributed by atoms with Gasteiger partial charge >= 0.3 is 5.97 Å². The van der Waals surface area contributed by atoms with E-state index in [-0.39, 0.29) is 31.3 Å². The summed E-state index contributed by atoms with van der Waals surface area (Å²) in [5, 5.41) is 9.06. The Morgan fingerprint density at radius 1 is 1.38 bits per heavy atom. The number of halogens is 1. The normalized spacial score (nSPS) is 14.8. The third kappa shape index (κ3) is 4.28. The third-order valence-corrected chi connectivity index (χ3v) is 4.45. The number of carboxylic acids is 1. The predicted molar refractivity (Wildman–Crippen MR) is 91.8 cm³/mol. The summed E-state index contributed by atoms with van der Waals surface area (Å²) in [6.45, 7) is 1.81. The van der Waals surface area contributed by atoms with Crippen molar-refractivity contribution in [1.29, 1.82) is 0 Å². The lowest BCUT2D eigenvalue weighted by molar-refractivity contribution is -0.143. The Morgan fingerprint density at radius 3 is 2.77 bits per heavy atom. The predicted octanol–water partition coefficient (Wildman–Crippen LogP) is 3.13. The molecule has 1 amide bonds. The molecule has 3 rings (SSSR count). The molecule has 0 radical (unpaired) electrons. The van der Waals surface area contributed by atoms with Crippen LogP contribution >= 0.6 is 0 Å². The van der Waals surface area contributed by atoms with Crippen LogP contribution in [0.3, 0.4) is 0 Å². The highest BCUT2D eigenvalue weighted by atomic mass is 19.1. The maximum Gasteiger partial charge on any atom is 0.308 e. The molecule has 1 aliphatic rings. The number of aryl methyl sites for hydroxylation is 1. The van der Waals surface area contributed by atoms with Gasteiger partial charge < -0.3 is 14.4 Å². The van der Waals surface area contributed by atoms with E-state index in [0.717, 1.165) is 12.8 Å². The van der Waals surface area contributed by atoms with Crippen LogP contribution in [0.25, 0.3) is 11.3 Å². The number of carboxylic acid groups (broad SMARTS) is 1. The highest BCUT2D eigenvalue weighted by molar-refractivity contribution is 5.78. The maximum atomic E-state index is 13.8. The van der Waals surface area contributed by atoms with Gasteiger partial charge in [-0.05, 0) is 25.0 Å². The fourth-order valence-corrected chi connectivity index (χ4v) is 2.78. The monoisotopic (exact) mass is 360 g/mol. The summed E-state index contributed by atoms with van der Waals surface area (Å²) in [6, 6.07) is 6.40. The summed E-state index contributed by atoms with van der Waals surface area (Å²) in [6.07, 6.45) is 3.74. The van der Waals surface area contributed by atoms with E-state index >= 15 is 0 Å². The molecule has 26 heavy (non-hydrogen) atoms. The molecular formula is C19H21FN2O4. The molecule has 0 spiro atoms. The first-order valence-electron chi connectivity index (χ1n) is 8.67. The summed E-state index contributed by atoms with van der Waals surface area (Å²) in [7, 11) is 0. The van der Waals surface area contributed by atoms with Crippen molar-refractivity contribution in [2.24, 2.45) is 5.92 Å². The van der Waals surface area contributed by atoms with Gasteiger partial charge in [0.25, 0.3) is 0 Å². The van der Waals surface area contributed by atoms with Crippen LogP contribution in [0.5, 0.6) is 0 Å². The zero-order chi connectivity index (χ0) is 18.7. The van der Waals surface area contributed by atoms with Gasteiger partial charge in [-0.1, -0.05) is 19.1 Å². The van der Waals surface area contributed by atoms with E-state index in [4.69, 9.17) is 9.52 Å². The van der Waals surface area contributed by atoms with Crippen molar-refractivity contribution in [2.75, 3.05) is 6.54 Å². The molecule has 1 N–H and O–H groups in total. The molecule has 1 aliphatic carbocycles. The highest BCUT2D eigenvalue weighted by Gasteiger charge is 2.34. The number of carbonyl (C=O) groups excluding carboxylic acids is 1. The molecule has 1 heterocycles. The van der Waals surface area contributed by atoms with E-state index in [2.05, 4.69) is 4.98 Å². The van der Waals surface area contributed by atoms with Gasteiger partial charge in [-0.25, -0.2) is 9.37 Å². The second-order valence-corrected chi connectivity index (χ2v) is 6.61. The van der Waals surface area contributed by atoms with Gasteiger partial charge in [-0.15, -0.1) is 0 Å². The van der Waals surface area contributed by atoms with Crippen molar-refractivity contribution < 1.29 is 23.5 Å². The second-order valence-electron chi connectivity index (χ2n) is 6.61. The third-order valence-electron chi connectivity index (χ3n) is 4.45. The van der Waals surface area contributed by atoms with E-state index in [1.807, 2.05) is 0 Å². The Bertz CT molecular complexity index is 800. The molecular weight excluding hydrogens is 339 g/mol. The molecule has 1 aromatic heterocycles. The number of nitrogens with zero attached hydrogens (tertiary/aromatic N) is 2. The van der Waals surface area contributed by atoms with E-state index in [0.29, 0.717) is 17.2 Å². The number of hydrogen-bond acceptors (Lipinski definition) is 4. The largest absolute Gasteiger partial charge is 0.481 e. The molecule has 1 unspecified atom stereocenters. The summed E-state index contributed by atoms with van der Waals surface area (Å²) >= 11 is 0. The van der Waals surface area contributed by atoms with Crippen LogP contribution in [0.2, 0.25) is 0 Å². The van der Waals surface area contributed by atoms with Crippen LogP contribution in [0.15, 0.2) is 34.9 Å². The fraction of sp³-hybridized carbons (Fsp3) is 0.421. The van der Waals surface area contributed by atoms with Crippen LogP contribution in [0.4, 0.5) is 4.39 Å². The maximum absolute atomic E-state index is 13.8. The Balaban J connectivity index is 1.60. The van der Waals surface area contributed by atoms with Crippen molar-refractivity contribution >= 4 is 11.9 Å². The van der Waals surface area contributed by atoms with Crippen LogP contribution < -0.4 is 0 Å². The zero-order valence-electron chi connectivity index (χ0n) is 14.5. The first-order valence-corrected chi connectivity index (χ1v) is 8.67. The van der Waals surface area contributed by atoms with E-state index in [1.165, 1.54) is 12.3 Å². The Kier molecular flexibility index (Phi) is 5.35. The summed E-state index contributed by atoms with van der Waals surface area (Å²) in [5.74, 6) is -1.33. The summed E-state index contributed by atoms with van der Waals surface area (Å²) in [5.41, 5.74) is 0.326. The van der Waals surface area contributed by atoms with E-state index < -0.39 is 17.7 Å². The van der Waals surface area contributed by atoms with Crippen LogP contribution in [0, 0.1) is 11.7 Å². The second kappa shape index (κ2) is 7.68. The zero-order valence-corrected chi connectivity index (χ0v) is 14.5. The van der Waals surface area contributed by atoms with Gasteiger partial charge in [0.15, 0.2) is 11.7 Å². The van der Waals surface area contributed by atoms with Crippen molar-refractivity contribution in [1.82, 2.24) is 9.88 Å². The van der Waals surface area contributed by atoms with Crippen molar-refractivity contribution in [3.63, 3.8) is 0 Å². The van der Waals surface area contributed by atoms with Crippen LogP contribution in [-0.4, -0.2) is 39.5 Å². The Morgan fingerprint density at radius 2 is 2.12 bits per heavy atom. The highest BCUT2D eigenvalue weighted by Crippen LogP contribution is 2.29. The topological polar surface area (TPSA) is 83.6 Å². The van der Waals surface area contributed by atoms with Gasteiger partial charge in [0, 0.05) is 25.4 Å². The minimum absolute atomic E-state index is 0.105. The number of amides is 1. The van der Waals surface area contributed by atoms with Gasteiger partial charge in [-0.2, -0.15) is 0 Å². The Hall–Kier alpha value is -2.70. The number of carbonyl (C=O) groups is 2. The molecule has 7 heteroatoms. The van der Waals surface area contributed by atoms with Gasteiger partial charge in [0.05, 0.1) is 17.7 Å². The first-order chi connectivity index (χ1) is 12.5. The molecule has 0 saturated heterocycles. The average Bonchev–Trinajstić information content (AvgIpc) is 3.35. The lowest BCUT2D eigenvalue weighted by Crippen LogP contribution is -2.38. The molecule has 2 aromatic rings. The number of rotatable bonds is 8. The standard InChI is InChI=1S/C19H21FN2O4/c1-12(19(24)25)11-22(13-6-7-13)18(23)9-8-17-21-10-16(26-17)14-4-2-3-5-15(14)20/h2-5,10,12-13H,6-9,11H2,1H3,(H,24,25). The van der Waals surface area contributed by atoms with E-state index in [9.17, 15) is 14.0 Å². The number of aliphatic carboxylic acids is 1. The molecule has 6 nitrogen and oxygen atoms in total. The van der Waals surface area contributed by atoms with Crippen LogP contribution in [0.1, 0.15) is 32.1 Å². The Labute approximate surface area is 150 Å². The minimum atomic E-state index is -0.911. The molecule has 0 bridgehead atoms. The SMILES string of the molecule is CC(CN(C(=O)CCc1ncc(-c2ccccc2F)o1)C1CC1)C(=O)O. The van der Waals surface area contributed by atoms with Crippen molar-refractivity contribution in [3.8, 4) is 11.3 Å². The molecule has 1 fully saturated rings. The van der Waals surface area contributed by atoms with Gasteiger partial charge in [-0.3, -0.25) is 9.59 Å². The quantitative estimate of drug-likeness (QED) is 0.782. The molecule has 1 aromatic carbocycles. The van der Waals surface area contributed by atoms with Crippen LogP contribution in [-0.2, 0) is 16.0 Å². The van der Waals surface area contributed by atoms with E-state index in [1.54, 1.807) is 30.0 Å². The number of benzene rings is 1. The molecule has 0 aliphatic heterocycles. The number of oxazole rings is 1. The molecule has 138 valence electrons. The van der Waals surface area contributed by atoms with Crippen molar-refractivity contribution in [2.45, 2.75) is 38.6 Å². The lowest BCUT2D eigenvalue weighted by atomic mass is 10.1. The first kappa shape index (κ1) is 18.1. The lowest BCUT2D eigenvalue weighted by Gasteiger charge is -2.24. The number of hydrogen-bond donors (Lipinski definition) is 1.